The molecule has 2 aromatic carbocycles. The van der Waals surface area contributed by atoms with E-state index in [-0.39, 0.29) is 26.6 Å². The minimum Gasteiger partial charge on any atom is -0.0654 e. The standard InChI is InChI=1S/C76H119F2N4Se2.6CH3.2Sn/c1-5-9-13-17-21-25-29-33-37-41-45-49-57-75(58-50-46-42-38-34-30-26-22-18-14-10-6-2)61-53-55-63(79)73(80-83)65(61)67-69(75)72(78)68-66-62(54-56-64-74(66)82-84-81-64)76(70(68)71(67)77,59-51-47-43-39-35-31-27-23-19-15-11-7-3)60-52-48-44-40-36-32-28-24-20-16-12-8-4;;;;;;;;/h53-54,79H,5-52,57-60H2,1-4H3;6*1H3;;/b79-63?,80-73+;;;;;;;;. The molecule has 0 spiro atoms. The Labute approximate surface area is 588 Å². The Bertz CT molecular complexity index is 2690. The van der Waals surface area contributed by atoms with Gasteiger partial charge in [-0.15, -0.1) is 0 Å². The number of allylic oxidation sites excluding steroid dienone is 4. The van der Waals surface area contributed by atoms with Gasteiger partial charge in [-0.1, -0.05) is 156 Å². The maximum absolute atomic E-state index is 20.4. The Kier molecular flexibility index (Phi) is 37.6. The van der Waals surface area contributed by atoms with E-state index in [9.17, 15) is 5.41 Å². The molecule has 1 N–H and O–H groups in total. The summed E-state index contributed by atoms with van der Waals surface area (Å²) in [5, 5.41) is 10.1. The van der Waals surface area contributed by atoms with Gasteiger partial charge in [-0.2, -0.15) is 0 Å². The van der Waals surface area contributed by atoms with Gasteiger partial charge in [-0.05, 0) is 0 Å². The molecule has 92 heavy (non-hydrogen) atoms. The molecule has 0 unspecified atom stereocenters. The average Bonchev–Trinajstić information content (AvgIpc) is 1.50. The van der Waals surface area contributed by atoms with Crippen molar-refractivity contribution in [3.8, 4) is 11.1 Å². The molecule has 1 aromatic heterocycles. The first kappa shape index (κ1) is 80.3. The van der Waals surface area contributed by atoms with Gasteiger partial charge in [0, 0.05) is 0 Å². The maximum atomic E-state index is 20.4. The van der Waals surface area contributed by atoms with Crippen LogP contribution in [0.3, 0.4) is 0 Å². The van der Waals surface area contributed by atoms with E-state index in [1.54, 1.807) is 0 Å². The minimum atomic E-state index is -3.08. The van der Waals surface area contributed by atoms with Crippen molar-refractivity contribution < 1.29 is 8.78 Å². The molecule has 0 atom stereocenters. The molecule has 0 fully saturated rings. The fraction of sp³-hybridized carbons (Fsp3) is 0.780. The Hall–Kier alpha value is -0.644. The van der Waals surface area contributed by atoms with Crippen molar-refractivity contribution in [3.05, 3.63) is 55.2 Å². The fourth-order valence-electron chi connectivity index (χ4n) is 16.8. The van der Waals surface area contributed by atoms with Crippen LogP contribution in [0.25, 0.3) is 27.7 Å². The SMILES string of the molecule is CCCCCCCCCCCCCCC1(CCCCCCCCCCCCCC)C2=C(/C(=N/[Se])C(=N)[C]([Sn]([CH3])([CH3])[CH3])=C2)c2c(F)c3c(c(F)c21)-c1c(c[c]([Sn]([CH3])([CH3])[CH3])c2n[se]nc12)C3(CCCCCCCCCCCCCC)CCCCCCCCCCCCCC. The van der Waals surface area contributed by atoms with Crippen molar-refractivity contribution in [1.82, 2.24) is 7.96 Å². The molecule has 1 radical (unpaired) electrons. The molecule has 3 aliphatic rings. The summed E-state index contributed by atoms with van der Waals surface area (Å²) >= 11 is -3.31. The molecule has 10 heteroatoms. The number of fused-ring (bicyclic) bond motifs is 7. The number of benzene rings is 2. The monoisotopic (exact) mass is 1620 g/mol. The van der Waals surface area contributed by atoms with Gasteiger partial charge in [-0.25, -0.2) is 0 Å². The van der Waals surface area contributed by atoms with E-state index in [0.717, 1.165) is 108 Å². The zero-order chi connectivity index (χ0) is 66.2. The van der Waals surface area contributed by atoms with E-state index in [0.29, 0.717) is 33.7 Å². The normalized spacial score (nSPS) is 15.5. The summed E-state index contributed by atoms with van der Waals surface area (Å²) in [6.07, 6.45) is 66.4. The number of rotatable bonds is 54. The number of hydrogen-bond donors (Lipinski definition) is 1. The van der Waals surface area contributed by atoms with E-state index in [1.165, 1.54) is 266 Å². The molecular weight excluding hydrogens is 1470 g/mol. The third kappa shape index (κ3) is 22.7. The van der Waals surface area contributed by atoms with Crippen LogP contribution in [0, 0.1) is 17.0 Å². The minimum absolute atomic E-state index is 0.180. The summed E-state index contributed by atoms with van der Waals surface area (Å²) in [4.78, 5) is 14.8. The van der Waals surface area contributed by atoms with E-state index in [4.69, 9.17) is 12.0 Å². The van der Waals surface area contributed by atoms with Crippen LogP contribution in [0.2, 0.25) is 29.6 Å². The number of halogens is 2. The Morgan fingerprint density at radius 3 is 1.04 bits per heavy atom. The molecule has 0 saturated heterocycles. The Morgan fingerprint density at radius 1 is 0.413 bits per heavy atom. The van der Waals surface area contributed by atoms with Crippen molar-refractivity contribution in [2.75, 3.05) is 0 Å². The number of nitrogens with zero attached hydrogens (tertiary/aromatic N) is 3. The number of nitrogens with one attached hydrogen (secondary N) is 1. The smallest absolute Gasteiger partial charge is 0.0654 e. The molecule has 3 aliphatic carbocycles. The fourth-order valence-corrected chi connectivity index (χ4v) is 27.2. The van der Waals surface area contributed by atoms with Gasteiger partial charge in [0.1, 0.15) is 0 Å². The van der Waals surface area contributed by atoms with Crippen LogP contribution in [0.5, 0.6) is 0 Å². The predicted molar refractivity (Wildman–Crippen MR) is 409 cm³/mol. The molecular formula is C82H137F2N4Se2Sn2. The quantitative estimate of drug-likeness (QED) is 0.0348. The first-order valence-corrected chi connectivity index (χ1v) is 62.0. The van der Waals surface area contributed by atoms with Crippen LogP contribution in [0.15, 0.2) is 25.3 Å². The van der Waals surface area contributed by atoms with Gasteiger partial charge in [0.05, 0.1) is 0 Å². The molecule has 0 saturated carbocycles. The Balaban J connectivity index is 1.47. The summed E-state index contributed by atoms with van der Waals surface area (Å²) in [6, 6.07) is 2.52. The zero-order valence-corrected chi connectivity index (χ0v) is 70.5. The van der Waals surface area contributed by atoms with Crippen molar-refractivity contribution in [1.29, 1.82) is 5.41 Å². The molecule has 0 aliphatic heterocycles. The van der Waals surface area contributed by atoms with Crippen molar-refractivity contribution >= 4 is 99.6 Å². The van der Waals surface area contributed by atoms with Crippen LogP contribution < -0.4 is 3.58 Å². The first-order valence-electron chi connectivity index (χ1n) is 39.7. The van der Waals surface area contributed by atoms with Gasteiger partial charge in [0.15, 0.2) is 0 Å². The summed E-state index contributed by atoms with van der Waals surface area (Å²) < 4.78 is 58.9. The van der Waals surface area contributed by atoms with Gasteiger partial charge in [-0.3, -0.25) is 0 Å². The van der Waals surface area contributed by atoms with Gasteiger partial charge in [0.25, 0.3) is 0 Å². The third-order valence-corrected chi connectivity index (χ3v) is 35.2. The van der Waals surface area contributed by atoms with Crippen molar-refractivity contribution in [2.24, 2.45) is 4.01 Å². The van der Waals surface area contributed by atoms with E-state index >= 15 is 8.78 Å². The van der Waals surface area contributed by atoms with Gasteiger partial charge >= 0.3 is 438 Å². The van der Waals surface area contributed by atoms with Crippen molar-refractivity contribution in [3.63, 3.8) is 0 Å². The zero-order valence-electron chi connectivity index (χ0n) is 61.3. The van der Waals surface area contributed by atoms with Gasteiger partial charge < -0.3 is 0 Å². The molecule has 0 amide bonds. The summed E-state index contributed by atoms with van der Waals surface area (Å²) in [6.45, 7) is 9.21. The summed E-state index contributed by atoms with van der Waals surface area (Å²) in [5.74, 6) is -0.385. The van der Waals surface area contributed by atoms with Gasteiger partial charge in [0.2, 0.25) is 0 Å². The van der Waals surface area contributed by atoms with E-state index in [2.05, 4.69) is 85.7 Å². The molecule has 0 bridgehead atoms. The number of hydrogen-bond acceptors (Lipinski definition) is 4. The third-order valence-electron chi connectivity index (χ3n) is 22.2. The van der Waals surface area contributed by atoms with Crippen molar-refractivity contribution in [2.45, 2.75) is 402 Å². The molecule has 1 heterocycles. The second-order valence-electron chi connectivity index (χ2n) is 31.8. The molecule has 4 nitrogen and oxygen atoms in total. The molecule has 6 rings (SSSR count). The first-order chi connectivity index (χ1) is 44.6. The second kappa shape index (κ2) is 43.1. The predicted octanol–water partition coefficient (Wildman–Crippen LogP) is 26.5. The summed E-state index contributed by atoms with van der Waals surface area (Å²) in [7, 11) is 0. The number of aromatic nitrogens is 2. The van der Waals surface area contributed by atoms with Crippen LogP contribution >= 0.6 is 0 Å². The molecule has 519 valence electrons. The van der Waals surface area contributed by atoms with Crippen LogP contribution in [-0.2, 0) is 10.8 Å². The topological polar surface area (TPSA) is 62.0 Å². The van der Waals surface area contributed by atoms with E-state index < -0.39 is 47.6 Å². The van der Waals surface area contributed by atoms with Crippen LogP contribution in [-0.4, -0.2) is 87.3 Å². The van der Waals surface area contributed by atoms with E-state index in [1.807, 2.05) is 0 Å². The second-order valence-corrected chi connectivity index (χ2v) is 62.1. The summed E-state index contributed by atoms with van der Waals surface area (Å²) in [5.41, 5.74) is 7.58. The van der Waals surface area contributed by atoms with Crippen LogP contribution in [0.1, 0.15) is 384 Å². The molecule has 3 aromatic rings. The average molecular weight is 1610 g/mol. The Morgan fingerprint density at radius 2 is 0.717 bits per heavy atom. The van der Waals surface area contributed by atoms with Crippen LogP contribution in [0.4, 0.5) is 8.78 Å². The number of unbranched alkanes of at least 4 members (excludes halogenated alkanes) is 44.